The van der Waals surface area contributed by atoms with Crippen molar-refractivity contribution in [3.63, 3.8) is 0 Å². The Kier molecular flexibility index (Phi) is 3.50. The van der Waals surface area contributed by atoms with E-state index >= 15 is 0 Å². The van der Waals surface area contributed by atoms with Gasteiger partial charge in [-0.1, -0.05) is 12.1 Å². The van der Waals surface area contributed by atoms with E-state index < -0.39 is 11.7 Å². The predicted octanol–water partition coefficient (Wildman–Crippen LogP) is 3.12. The number of rotatable bonds is 4. The summed E-state index contributed by atoms with van der Waals surface area (Å²) in [6, 6.07) is 6.02. The van der Waals surface area contributed by atoms with E-state index in [0.717, 1.165) is 44.6 Å². The molecule has 1 heterocycles. The lowest BCUT2D eigenvalue weighted by molar-refractivity contribution is -0.137. The zero-order chi connectivity index (χ0) is 14.2. The van der Waals surface area contributed by atoms with E-state index in [-0.39, 0.29) is 5.41 Å². The summed E-state index contributed by atoms with van der Waals surface area (Å²) in [6.07, 6.45) is -1.16. The van der Waals surface area contributed by atoms with Crippen LogP contribution in [0.25, 0.3) is 0 Å². The number of ether oxygens (including phenoxy) is 1. The van der Waals surface area contributed by atoms with Crippen molar-refractivity contribution in [2.75, 3.05) is 19.8 Å². The fourth-order valence-corrected chi connectivity index (χ4v) is 2.77. The molecule has 110 valence electrons. The van der Waals surface area contributed by atoms with Crippen molar-refractivity contribution in [2.45, 2.75) is 36.9 Å². The zero-order valence-corrected chi connectivity index (χ0v) is 11.2. The molecule has 5 heteroatoms. The maximum absolute atomic E-state index is 12.6. The average Bonchev–Trinajstić information content (AvgIpc) is 3.03. The molecule has 0 aromatic heterocycles. The lowest BCUT2D eigenvalue weighted by atomic mass is 9.94. The summed E-state index contributed by atoms with van der Waals surface area (Å²) in [4.78, 5) is 0. The van der Waals surface area contributed by atoms with Crippen LogP contribution in [-0.4, -0.2) is 25.8 Å². The van der Waals surface area contributed by atoms with Crippen LogP contribution in [0.1, 0.15) is 30.4 Å². The summed E-state index contributed by atoms with van der Waals surface area (Å²) in [7, 11) is 0. The number of benzene rings is 1. The van der Waals surface area contributed by atoms with Gasteiger partial charge in [-0.15, -0.1) is 0 Å². The fraction of sp³-hybridized carbons (Fsp3) is 0.600. The van der Waals surface area contributed by atoms with Gasteiger partial charge in [0, 0.05) is 24.6 Å². The molecule has 2 fully saturated rings. The Balaban J connectivity index is 1.65. The molecule has 1 N–H and O–H groups in total. The molecule has 1 aromatic rings. The van der Waals surface area contributed by atoms with Gasteiger partial charge >= 0.3 is 6.18 Å². The Morgan fingerprint density at radius 2 is 1.90 bits per heavy atom. The van der Waals surface area contributed by atoms with Crippen molar-refractivity contribution >= 4 is 0 Å². The van der Waals surface area contributed by atoms with Gasteiger partial charge in [0.2, 0.25) is 0 Å². The third-order valence-corrected chi connectivity index (χ3v) is 4.34. The second-order valence-corrected chi connectivity index (χ2v) is 5.80. The molecule has 1 saturated carbocycles. The van der Waals surface area contributed by atoms with E-state index in [9.17, 15) is 13.2 Å². The highest BCUT2D eigenvalue weighted by Gasteiger charge is 2.44. The maximum Gasteiger partial charge on any atom is 0.416 e. The van der Waals surface area contributed by atoms with E-state index in [1.54, 1.807) is 12.1 Å². The number of alkyl halides is 3. The second kappa shape index (κ2) is 5.04. The van der Waals surface area contributed by atoms with Crippen molar-refractivity contribution < 1.29 is 17.9 Å². The van der Waals surface area contributed by atoms with Gasteiger partial charge in [-0.2, -0.15) is 13.2 Å². The minimum atomic E-state index is -4.26. The monoisotopic (exact) mass is 285 g/mol. The first-order valence-electron chi connectivity index (χ1n) is 6.99. The molecule has 1 aromatic carbocycles. The Morgan fingerprint density at radius 1 is 1.20 bits per heavy atom. The summed E-state index contributed by atoms with van der Waals surface area (Å²) in [5.41, 5.74) is 0.471. The predicted molar refractivity (Wildman–Crippen MR) is 69.6 cm³/mol. The highest BCUT2D eigenvalue weighted by Crippen LogP contribution is 2.48. The van der Waals surface area contributed by atoms with Gasteiger partial charge in [0.05, 0.1) is 12.2 Å². The quantitative estimate of drug-likeness (QED) is 0.917. The van der Waals surface area contributed by atoms with E-state index in [2.05, 4.69) is 5.32 Å². The summed E-state index contributed by atoms with van der Waals surface area (Å²) in [5, 5.41) is 3.48. The Morgan fingerprint density at radius 3 is 2.40 bits per heavy atom. The molecule has 0 bridgehead atoms. The number of hydrogen-bond acceptors (Lipinski definition) is 2. The van der Waals surface area contributed by atoms with Crippen molar-refractivity contribution in [1.82, 2.24) is 5.32 Å². The summed E-state index contributed by atoms with van der Waals surface area (Å²) in [5.74, 6) is 0. The first-order valence-corrected chi connectivity index (χ1v) is 6.99. The number of halogens is 3. The topological polar surface area (TPSA) is 21.3 Å². The SMILES string of the molecule is FC(F)(F)c1ccc(C2(CN[C@@H]3CCOC3)CC2)cc1. The van der Waals surface area contributed by atoms with Crippen LogP contribution in [-0.2, 0) is 16.3 Å². The number of hydrogen-bond donors (Lipinski definition) is 1. The van der Waals surface area contributed by atoms with Crippen LogP contribution in [0, 0.1) is 0 Å². The smallest absolute Gasteiger partial charge is 0.380 e. The molecule has 1 aliphatic heterocycles. The standard InChI is InChI=1S/C15H18F3NO/c16-15(17,18)12-3-1-11(2-4-12)14(6-7-14)10-19-13-5-8-20-9-13/h1-4,13,19H,5-10H2/t13-/m1/s1. The van der Waals surface area contributed by atoms with Crippen LogP contribution in [0.4, 0.5) is 13.2 Å². The van der Waals surface area contributed by atoms with Crippen LogP contribution in [0.15, 0.2) is 24.3 Å². The van der Waals surface area contributed by atoms with Gasteiger partial charge in [0.25, 0.3) is 0 Å². The molecule has 2 aliphatic rings. The van der Waals surface area contributed by atoms with Crippen LogP contribution in [0.3, 0.4) is 0 Å². The Hall–Kier alpha value is -1.07. The number of nitrogens with one attached hydrogen (secondary N) is 1. The molecule has 0 amide bonds. The molecular formula is C15H18F3NO. The van der Waals surface area contributed by atoms with E-state index in [1.807, 2.05) is 0 Å². The van der Waals surface area contributed by atoms with Crippen LogP contribution in [0.2, 0.25) is 0 Å². The highest BCUT2D eigenvalue weighted by molar-refractivity contribution is 5.35. The van der Waals surface area contributed by atoms with Crippen molar-refractivity contribution in [2.24, 2.45) is 0 Å². The molecule has 3 rings (SSSR count). The van der Waals surface area contributed by atoms with Gasteiger partial charge in [-0.3, -0.25) is 0 Å². The first kappa shape index (κ1) is 13.9. The zero-order valence-electron chi connectivity index (χ0n) is 11.2. The molecule has 1 aliphatic carbocycles. The average molecular weight is 285 g/mol. The van der Waals surface area contributed by atoms with Gasteiger partial charge in [0.15, 0.2) is 0 Å². The molecule has 1 atom stereocenters. The van der Waals surface area contributed by atoms with Gasteiger partial charge in [-0.25, -0.2) is 0 Å². The lowest BCUT2D eigenvalue weighted by Gasteiger charge is -2.20. The lowest BCUT2D eigenvalue weighted by Crippen LogP contribution is -2.36. The third-order valence-electron chi connectivity index (χ3n) is 4.34. The molecule has 0 unspecified atom stereocenters. The molecule has 20 heavy (non-hydrogen) atoms. The van der Waals surface area contributed by atoms with Gasteiger partial charge in [0.1, 0.15) is 0 Å². The minimum absolute atomic E-state index is 0.0344. The Labute approximate surface area is 116 Å². The molecule has 0 radical (unpaired) electrons. The summed E-state index contributed by atoms with van der Waals surface area (Å²) < 4.78 is 43.0. The second-order valence-electron chi connectivity index (χ2n) is 5.80. The third kappa shape index (κ3) is 2.83. The first-order chi connectivity index (χ1) is 9.50. The highest BCUT2D eigenvalue weighted by atomic mass is 19.4. The largest absolute Gasteiger partial charge is 0.416 e. The summed E-state index contributed by atoms with van der Waals surface area (Å²) >= 11 is 0. The van der Waals surface area contributed by atoms with Crippen molar-refractivity contribution in [3.8, 4) is 0 Å². The van der Waals surface area contributed by atoms with Crippen LogP contribution in [0.5, 0.6) is 0 Å². The molecule has 2 nitrogen and oxygen atoms in total. The molecular weight excluding hydrogens is 267 g/mol. The van der Waals surface area contributed by atoms with E-state index in [4.69, 9.17) is 4.74 Å². The van der Waals surface area contributed by atoms with Crippen LogP contribution < -0.4 is 5.32 Å². The van der Waals surface area contributed by atoms with Crippen molar-refractivity contribution in [1.29, 1.82) is 0 Å². The Bertz CT molecular complexity index is 459. The molecule has 0 spiro atoms. The normalized spacial score (nSPS) is 24.9. The van der Waals surface area contributed by atoms with E-state index in [0.29, 0.717) is 6.04 Å². The molecule has 1 saturated heterocycles. The van der Waals surface area contributed by atoms with Crippen molar-refractivity contribution in [3.05, 3.63) is 35.4 Å². The maximum atomic E-state index is 12.6. The fourth-order valence-electron chi connectivity index (χ4n) is 2.77. The minimum Gasteiger partial charge on any atom is -0.380 e. The van der Waals surface area contributed by atoms with Crippen LogP contribution >= 0.6 is 0 Å². The summed E-state index contributed by atoms with van der Waals surface area (Å²) in [6.45, 7) is 2.36. The van der Waals surface area contributed by atoms with E-state index in [1.165, 1.54) is 12.1 Å². The van der Waals surface area contributed by atoms with Gasteiger partial charge in [-0.05, 0) is 37.0 Å². The van der Waals surface area contributed by atoms with Gasteiger partial charge < -0.3 is 10.1 Å².